The number of fused-ring (bicyclic) bond motifs is 1. The van der Waals surface area contributed by atoms with E-state index in [-0.39, 0.29) is 36.5 Å². The summed E-state index contributed by atoms with van der Waals surface area (Å²) in [5, 5.41) is 6.16. The van der Waals surface area contributed by atoms with E-state index in [4.69, 9.17) is 0 Å². The van der Waals surface area contributed by atoms with Crippen LogP contribution < -0.4 is 16.2 Å². The van der Waals surface area contributed by atoms with Crippen LogP contribution in [0.4, 0.5) is 10.1 Å². The number of hydrogen-bond donors (Lipinski definition) is 2. The third-order valence-electron chi connectivity index (χ3n) is 5.50. The van der Waals surface area contributed by atoms with Gasteiger partial charge in [0.25, 0.3) is 11.5 Å². The molecule has 7 nitrogen and oxygen atoms in total. The van der Waals surface area contributed by atoms with E-state index in [1.165, 1.54) is 46.5 Å². The van der Waals surface area contributed by atoms with E-state index in [9.17, 15) is 18.8 Å². The second-order valence-electron chi connectivity index (χ2n) is 7.90. The van der Waals surface area contributed by atoms with Gasteiger partial charge in [-0.3, -0.25) is 19.0 Å². The summed E-state index contributed by atoms with van der Waals surface area (Å²) >= 11 is 1.49. The summed E-state index contributed by atoms with van der Waals surface area (Å²) < 4.78 is 14.8. The van der Waals surface area contributed by atoms with Gasteiger partial charge in [-0.1, -0.05) is 18.2 Å². The van der Waals surface area contributed by atoms with E-state index in [0.29, 0.717) is 15.9 Å². The Morgan fingerprint density at radius 3 is 2.71 bits per heavy atom. The minimum Gasteiger partial charge on any atom is -0.352 e. The number of thiophene rings is 1. The van der Waals surface area contributed by atoms with E-state index in [1.807, 2.05) is 19.9 Å². The Labute approximate surface area is 199 Å². The largest absolute Gasteiger partial charge is 0.352 e. The standard InChI is InChI=1S/C25H23FN4O3S/c1-15-16(2)34-24-22(15)25(33)30(14-28-24)10-9-21(31)27-13-17-5-3-8-20(11-17)29-23(32)18-6-4-7-19(26)12-18/h3-8,11-12,14H,9-10,13H2,1-2H3,(H,27,31)(H,29,32). The van der Waals surface area contributed by atoms with Gasteiger partial charge in [0.1, 0.15) is 10.6 Å². The third-order valence-corrected chi connectivity index (χ3v) is 6.61. The van der Waals surface area contributed by atoms with Gasteiger partial charge in [0.2, 0.25) is 5.91 Å². The van der Waals surface area contributed by atoms with Crippen LogP contribution in [0, 0.1) is 19.7 Å². The number of nitrogens with one attached hydrogen (secondary N) is 2. The van der Waals surface area contributed by atoms with Crippen molar-refractivity contribution in [3.8, 4) is 0 Å². The summed E-state index contributed by atoms with van der Waals surface area (Å²) in [6.45, 7) is 4.35. The molecule has 174 valence electrons. The molecule has 4 rings (SSSR count). The molecular formula is C25H23FN4O3S. The topological polar surface area (TPSA) is 93.1 Å². The first-order valence-corrected chi connectivity index (χ1v) is 11.5. The van der Waals surface area contributed by atoms with Crippen molar-refractivity contribution in [2.45, 2.75) is 33.4 Å². The Balaban J connectivity index is 1.33. The number of nitrogens with zero attached hydrogens (tertiary/aromatic N) is 2. The minimum atomic E-state index is -0.484. The number of amides is 2. The molecule has 0 aliphatic carbocycles. The molecule has 0 fully saturated rings. The maximum Gasteiger partial charge on any atom is 0.262 e. The lowest BCUT2D eigenvalue weighted by molar-refractivity contribution is -0.121. The van der Waals surface area contributed by atoms with Gasteiger partial charge in [0, 0.05) is 35.6 Å². The summed E-state index contributed by atoms with van der Waals surface area (Å²) in [5.74, 6) is -1.12. The summed E-state index contributed by atoms with van der Waals surface area (Å²) in [6.07, 6.45) is 1.61. The van der Waals surface area contributed by atoms with Crippen molar-refractivity contribution in [2.75, 3.05) is 5.32 Å². The van der Waals surface area contributed by atoms with Crippen molar-refractivity contribution in [1.29, 1.82) is 0 Å². The van der Waals surface area contributed by atoms with Crippen molar-refractivity contribution >= 4 is 39.1 Å². The fourth-order valence-electron chi connectivity index (χ4n) is 3.53. The molecule has 0 aliphatic rings. The van der Waals surface area contributed by atoms with Crippen molar-refractivity contribution < 1.29 is 14.0 Å². The van der Waals surface area contributed by atoms with Crippen LogP contribution in [0.1, 0.15) is 32.8 Å². The van der Waals surface area contributed by atoms with Crippen LogP contribution in [-0.4, -0.2) is 21.4 Å². The van der Waals surface area contributed by atoms with Gasteiger partial charge in [-0.15, -0.1) is 11.3 Å². The maximum absolute atomic E-state index is 13.3. The first kappa shape index (κ1) is 23.3. The number of benzene rings is 2. The molecule has 0 unspecified atom stereocenters. The molecule has 2 heterocycles. The molecule has 0 atom stereocenters. The number of halogens is 1. The third kappa shape index (κ3) is 5.20. The molecule has 0 aliphatic heterocycles. The normalized spacial score (nSPS) is 10.9. The van der Waals surface area contributed by atoms with E-state index in [0.717, 1.165) is 16.0 Å². The molecule has 0 saturated heterocycles. The van der Waals surface area contributed by atoms with Crippen LogP contribution in [0.3, 0.4) is 0 Å². The van der Waals surface area contributed by atoms with Crippen LogP contribution in [0.2, 0.25) is 0 Å². The SMILES string of the molecule is Cc1sc2ncn(CCC(=O)NCc3cccc(NC(=O)c4cccc(F)c4)c3)c(=O)c2c1C. The Bertz CT molecular complexity index is 1440. The van der Waals surface area contributed by atoms with Gasteiger partial charge >= 0.3 is 0 Å². The number of aryl methyl sites for hydroxylation is 3. The maximum atomic E-state index is 13.3. The molecule has 2 amide bonds. The fraction of sp³-hybridized carbons (Fsp3) is 0.200. The number of aromatic nitrogens is 2. The van der Waals surface area contributed by atoms with E-state index in [1.54, 1.807) is 18.2 Å². The summed E-state index contributed by atoms with van der Waals surface area (Å²) in [5.41, 5.74) is 2.33. The molecule has 2 aromatic heterocycles. The summed E-state index contributed by atoms with van der Waals surface area (Å²) in [7, 11) is 0. The summed E-state index contributed by atoms with van der Waals surface area (Å²) in [4.78, 5) is 43.5. The average molecular weight is 479 g/mol. The molecule has 9 heteroatoms. The monoisotopic (exact) mass is 478 g/mol. The molecule has 34 heavy (non-hydrogen) atoms. The van der Waals surface area contributed by atoms with E-state index < -0.39 is 11.7 Å². The number of carbonyl (C=O) groups excluding carboxylic acids is 2. The second kappa shape index (κ2) is 9.96. The van der Waals surface area contributed by atoms with Gasteiger partial charge < -0.3 is 10.6 Å². The number of hydrogen-bond acceptors (Lipinski definition) is 5. The van der Waals surface area contributed by atoms with E-state index in [2.05, 4.69) is 15.6 Å². The Kier molecular flexibility index (Phi) is 6.83. The summed E-state index contributed by atoms with van der Waals surface area (Å²) in [6, 6.07) is 12.5. The van der Waals surface area contributed by atoms with Crippen LogP contribution in [0.15, 0.2) is 59.7 Å². The zero-order valence-electron chi connectivity index (χ0n) is 18.7. The fourth-order valence-corrected chi connectivity index (χ4v) is 4.52. The second-order valence-corrected chi connectivity index (χ2v) is 9.10. The van der Waals surface area contributed by atoms with Crippen molar-refractivity contribution in [3.63, 3.8) is 0 Å². The lowest BCUT2D eigenvalue weighted by atomic mass is 10.1. The lowest BCUT2D eigenvalue weighted by Gasteiger charge is -2.10. The zero-order valence-corrected chi connectivity index (χ0v) is 19.5. The Morgan fingerprint density at radius 2 is 1.91 bits per heavy atom. The highest BCUT2D eigenvalue weighted by atomic mass is 32.1. The van der Waals surface area contributed by atoms with Crippen LogP contribution in [0.5, 0.6) is 0 Å². The van der Waals surface area contributed by atoms with Gasteiger partial charge in [-0.25, -0.2) is 9.37 Å². The molecule has 0 bridgehead atoms. The average Bonchev–Trinajstić information content (AvgIpc) is 3.11. The predicted molar refractivity (Wildman–Crippen MR) is 131 cm³/mol. The number of carbonyl (C=O) groups is 2. The van der Waals surface area contributed by atoms with Crippen molar-refractivity contribution in [3.05, 3.63) is 92.6 Å². The first-order valence-electron chi connectivity index (χ1n) is 10.7. The van der Waals surface area contributed by atoms with E-state index >= 15 is 0 Å². The number of rotatable bonds is 7. The molecular weight excluding hydrogens is 455 g/mol. The molecule has 2 N–H and O–H groups in total. The smallest absolute Gasteiger partial charge is 0.262 e. The van der Waals surface area contributed by atoms with Crippen molar-refractivity contribution in [1.82, 2.24) is 14.9 Å². The molecule has 0 spiro atoms. The Morgan fingerprint density at radius 1 is 1.12 bits per heavy atom. The molecule has 0 saturated carbocycles. The molecule has 0 radical (unpaired) electrons. The molecule has 4 aromatic rings. The molecule has 2 aromatic carbocycles. The highest BCUT2D eigenvalue weighted by Gasteiger charge is 2.13. The number of anilines is 1. The lowest BCUT2D eigenvalue weighted by Crippen LogP contribution is -2.27. The minimum absolute atomic E-state index is 0.130. The van der Waals surface area contributed by atoms with Crippen LogP contribution >= 0.6 is 11.3 Å². The highest BCUT2D eigenvalue weighted by molar-refractivity contribution is 7.18. The van der Waals surface area contributed by atoms with Gasteiger partial charge in [-0.05, 0) is 55.3 Å². The predicted octanol–water partition coefficient (Wildman–Crippen LogP) is 4.17. The van der Waals surface area contributed by atoms with Crippen molar-refractivity contribution in [2.24, 2.45) is 0 Å². The Hall–Kier alpha value is -3.85. The van der Waals surface area contributed by atoms with Gasteiger partial charge in [0.05, 0.1) is 11.7 Å². The first-order chi connectivity index (χ1) is 16.3. The zero-order chi connectivity index (χ0) is 24.2. The van der Waals surface area contributed by atoms with Crippen LogP contribution in [-0.2, 0) is 17.9 Å². The highest BCUT2D eigenvalue weighted by Crippen LogP contribution is 2.25. The van der Waals surface area contributed by atoms with Gasteiger partial charge in [0.15, 0.2) is 0 Å². The van der Waals surface area contributed by atoms with Crippen LogP contribution in [0.25, 0.3) is 10.2 Å². The quantitative estimate of drug-likeness (QED) is 0.417. The van der Waals surface area contributed by atoms with Gasteiger partial charge in [-0.2, -0.15) is 0 Å².